The fourth-order valence-electron chi connectivity index (χ4n) is 6.26. The first-order valence-electron chi connectivity index (χ1n) is 16.4. The molecule has 4 aliphatic heterocycles. The highest BCUT2D eigenvalue weighted by Gasteiger charge is 2.28. The van der Waals surface area contributed by atoms with Gasteiger partial charge in [0.15, 0.2) is 5.82 Å². The fourth-order valence-corrected chi connectivity index (χ4v) is 6.90. The number of nitrogens with one attached hydrogen (secondary N) is 2. The molecule has 3 aromatic rings. The maximum Gasteiger partial charge on any atom is 0.232 e. The van der Waals surface area contributed by atoms with E-state index in [1.54, 1.807) is 25.3 Å². The summed E-state index contributed by atoms with van der Waals surface area (Å²) in [6, 6.07) is 9.75. The van der Waals surface area contributed by atoms with Crippen LogP contribution in [-0.4, -0.2) is 102 Å². The summed E-state index contributed by atoms with van der Waals surface area (Å²) >= 11 is 6.54. The lowest BCUT2D eigenvalue weighted by Crippen LogP contribution is -2.49. The topological polar surface area (TPSA) is 131 Å². The first-order chi connectivity index (χ1) is 23.2. The van der Waals surface area contributed by atoms with Crippen LogP contribution in [0.2, 0.25) is 5.02 Å². The molecule has 6 bridgehead atoms. The molecule has 0 amide bonds. The molecule has 13 nitrogen and oxygen atoms in total. The molecule has 2 N–H and O–H groups in total. The second-order valence-electron chi connectivity index (χ2n) is 12.2. The van der Waals surface area contributed by atoms with Gasteiger partial charge in [-0.1, -0.05) is 11.6 Å². The van der Waals surface area contributed by atoms with E-state index in [0.29, 0.717) is 53.6 Å². The van der Waals surface area contributed by atoms with Crippen molar-refractivity contribution in [2.24, 2.45) is 0 Å². The lowest BCUT2D eigenvalue weighted by molar-refractivity contribution is 0.0115. The van der Waals surface area contributed by atoms with Gasteiger partial charge in [0, 0.05) is 57.5 Å². The van der Waals surface area contributed by atoms with Crippen LogP contribution >= 0.6 is 11.6 Å². The highest BCUT2D eigenvalue weighted by Crippen LogP contribution is 2.42. The Morgan fingerprint density at radius 2 is 1.71 bits per heavy atom. The Bertz CT molecular complexity index is 1680. The molecular weight excluding hydrogens is 658 g/mol. The van der Waals surface area contributed by atoms with Gasteiger partial charge in [0.2, 0.25) is 16.0 Å². The van der Waals surface area contributed by atoms with E-state index in [9.17, 15) is 8.42 Å². The van der Waals surface area contributed by atoms with Gasteiger partial charge in [0.1, 0.15) is 22.3 Å². The van der Waals surface area contributed by atoms with Crippen molar-refractivity contribution >= 4 is 56.1 Å². The SMILES string of the molecule is COc1cc(N2CCC(N3CCOCC3)CC2)c2cc1Nc1ncc(Cl)c(n1)Nc1ccc(cc1N(C)S(C)(=O)=O)OCCCCCO2. The molecule has 260 valence electrons. The van der Waals surface area contributed by atoms with Crippen LogP contribution in [0.15, 0.2) is 36.5 Å². The van der Waals surface area contributed by atoms with Gasteiger partial charge in [-0.25, -0.2) is 13.4 Å². The van der Waals surface area contributed by atoms with Gasteiger partial charge < -0.3 is 34.5 Å². The number of methoxy groups -OCH3 is 1. The Labute approximate surface area is 287 Å². The number of fused-ring (bicyclic) bond motifs is 8. The molecule has 0 radical (unpaired) electrons. The van der Waals surface area contributed by atoms with Crippen LogP contribution in [0.3, 0.4) is 0 Å². The number of piperidine rings is 1. The number of morpholine rings is 1. The van der Waals surface area contributed by atoms with Crippen LogP contribution in [0.25, 0.3) is 0 Å². The van der Waals surface area contributed by atoms with E-state index in [1.165, 1.54) is 17.5 Å². The van der Waals surface area contributed by atoms with Crippen molar-refractivity contribution in [2.75, 3.05) is 92.9 Å². The smallest absolute Gasteiger partial charge is 0.232 e. The normalized spacial score (nSPS) is 18.3. The van der Waals surface area contributed by atoms with E-state index in [0.717, 1.165) is 89.2 Å². The lowest BCUT2D eigenvalue weighted by Gasteiger charge is -2.41. The molecule has 48 heavy (non-hydrogen) atoms. The van der Waals surface area contributed by atoms with E-state index in [2.05, 4.69) is 30.4 Å². The standard InChI is InChI=1S/C33H44ClN7O6S/c1-39(48(3,42)43)28-19-24-7-8-26(28)36-32-25(34)22-35-33(38-32)37-27-20-31(47-16-6-4-5-15-46-24)29(21-30(27)44-2)41-11-9-23(10-12-41)40-13-17-45-18-14-40/h7-8,19-23H,4-6,9-18H2,1-3H3,(H2,35,36,37,38). The lowest BCUT2D eigenvalue weighted by atomic mass is 10.0. The minimum absolute atomic E-state index is 0.256. The highest BCUT2D eigenvalue weighted by molar-refractivity contribution is 7.92. The number of ether oxygens (including phenoxy) is 4. The summed E-state index contributed by atoms with van der Waals surface area (Å²) in [5, 5.41) is 6.74. The van der Waals surface area contributed by atoms with Gasteiger partial charge in [-0.05, 0) is 44.2 Å². The van der Waals surface area contributed by atoms with Crippen molar-refractivity contribution in [1.29, 1.82) is 0 Å². The monoisotopic (exact) mass is 701 g/mol. The molecular formula is C33H44ClN7O6S. The van der Waals surface area contributed by atoms with Crippen molar-refractivity contribution < 1.29 is 27.4 Å². The average Bonchev–Trinajstić information content (AvgIpc) is 3.09. The van der Waals surface area contributed by atoms with Crippen molar-refractivity contribution in [2.45, 2.75) is 38.1 Å². The van der Waals surface area contributed by atoms with Gasteiger partial charge in [-0.15, -0.1) is 0 Å². The third kappa shape index (κ3) is 8.11. The minimum Gasteiger partial charge on any atom is -0.494 e. The summed E-state index contributed by atoms with van der Waals surface area (Å²) in [7, 11) is -0.452. The molecule has 2 fully saturated rings. The molecule has 1 aromatic heterocycles. The number of rotatable bonds is 5. The summed E-state index contributed by atoms with van der Waals surface area (Å²) in [5.41, 5.74) is 2.51. The largest absolute Gasteiger partial charge is 0.494 e. The number of hydrogen-bond acceptors (Lipinski definition) is 12. The van der Waals surface area contributed by atoms with Gasteiger partial charge in [-0.3, -0.25) is 9.21 Å². The predicted octanol–water partition coefficient (Wildman–Crippen LogP) is 5.26. The highest BCUT2D eigenvalue weighted by atomic mass is 35.5. The van der Waals surface area contributed by atoms with Crippen LogP contribution in [0.1, 0.15) is 32.1 Å². The van der Waals surface area contributed by atoms with E-state index in [-0.39, 0.29) is 11.0 Å². The molecule has 15 heteroatoms. The number of nitrogens with zero attached hydrogens (tertiary/aromatic N) is 5. The van der Waals surface area contributed by atoms with Crippen LogP contribution in [0, 0.1) is 0 Å². The molecule has 0 saturated carbocycles. The Kier molecular flexibility index (Phi) is 10.8. The number of hydrogen-bond donors (Lipinski definition) is 2. The van der Waals surface area contributed by atoms with Gasteiger partial charge >= 0.3 is 0 Å². The van der Waals surface area contributed by atoms with Gasteiger partial charge in [-0.2, -0.15) is 4.98 Å². The molecule has 7 rings (SSSR count). The molecule has 5 heterocycles. The molecule has 0 unspecified atom stereocenters. The summed E-state index contributed by atoms with van der Waals surface area (Å²) in [4.78, 5) is 14.0. The molecule has 0 atom stereocenters. The summed E-state index contributed by atoms with van der Waals surface area (Å²) in [6.07, 6.45) is 7.32. The van der Waals surface area contributed by atoms with Crippen LogP contribution in [0.5, 0.6) is 17.2 Å². The zero-order valence-corrected chi connectivity index (χ0v) is 29.3. The second-order valence-corrected chi connectivity index (χ2v) is 14.6. The van der Waals surface area contributed by atoms with Crippen molar-refractivity contribution in [1.82, 2.24) is 14.9 Å². The van der Waals surface area contributed by atoms with Crippen molar-refractivity contribution in [3.8, 4) is 17.2 Å². The third-order valence-corrected chi connectivity index (χ3v) is 10.5. The first kappa shape index (κ1) is 34.2. The molecule has 2 saturated heterocycles. The van der Waals surface area contributed by atoms with Gasteiger partial charge in [0.05, 0.1) is 68.7 Å². The zero-order chi connectivity index (χ0) is 33.7. The Morgan fingerprint density at radius 3 is 2.44 bits per heavy atom. The Hall–Kier alpha value is -3.72. The first-order valence-corrected chi connectivity index (χ1v) is 18.6. The molecule has 4 aliphatic rings. The van der Waals surface area contributed by atoms with Crippen molar-refractivity contribution in [3.05, 3.63) is 41.6 Å². The Morgan fingerprint density at radius 1 is 0.958 bits per heavy atom. The van der Waals surface area contributed by atoms with E-state index >= 15 is 0 Å². The van der Waals surface area contributed by atoms with Crippen LogP contribution in [-0.2, 0) is 14.8 Å². The summed E-state index contributed by atoms with van der Waals surface area (Å²) in [6.45, 7) is 6.44. The maximum absolute atomic E-state index is 12.5. The zero-order valence-electron chi connectivity index (χ0n) is 27.7. The Balaban J connectivity index is 1.31. The van der Waals surface area contributed by atoms with E-state index in [1.807, 2.05) is 12.1 Å². The quantitative estimate of drug-likeness (QED) is 0.360. The number of sulfonamides is 1. The van der Waals surface area contributed by atoms with E-state index < -0.39 is 10.0 Å². The maximum atomic E-state index is 12.5. The molecule has 0 spiro atoms. The molecule has 0 aliphatic carbocycles. The van der Waals surface area contributed by atoms with Crippen molar-refractivity contribution in [3.63, 3.8) is 0 Å². The van der Waals surface area contributed by atoms with E-state index in [4.69, 9.17) is 30.5 Å². The third-order valence-electron chi connectivity index (χ3n) is 9.01. The summed E-state index contributed by atoms with van der Waals surface area (Å²) < 4.78 is 50.2. The summed E-state index contributed by atoms with van der Waals surface area (Å²) in [5.74, 6) is 2.49. The minimum atomic E-state index is -3.58. The predicted molar refractivity (Wildman–Crippen MR) is 189 cm³/mol. The van der Waals surface area contributed by atoms with Gasteiger partial charge in [0.25, 0.3) is 0 Å². The number of halogens is 1. The van der Waals surface area contributed by atoms with Crippen LogP contribution < -0.4 is 34.0 Å². The number of anilines is 6. The average molecular weight is 702 g/mol. The number of benzene rings is 2. The number of aromatic nitrogens is 2. The molecule has 2 aromatic carbocycles. The second kappa shape index (κ2) is 15.2. The van der Waals surface area contributed by atoms with Crippen LogP contribution in [0.4, 0.5) is 34.5 Å². The fraction of sp³-hybridized carbons (Fsp3) is 0.515.